The zero-order chi connectivity index (χ0) is 53.0. The van der Waals surface area contributed by atoms with Crippen molar-refractivity contribution >= 4 is 70.9 Å². The molecule has 0 heterocycles. The van der Waals surface area contributed by atoms with E-state index in [1.54, 1.807) is 13.0 Å². The van der Waals surface area contributed by atoms with Gasteiger partial charge >= 0.3 is 23.6 Å². The van der Waals surface area contributed by atoms with Gasteiger partial charge in [-0.2, -0.15) is 0 Å². The van der Waals surface area contributed by atoms with E-state index in [0.717, 1.165) is 25.1 Å². The van der Waals surface area contributed by atoms with Gasteiger partial charge in [0.2, 0.25) is 17.7 Å². The molecule has 0 fully saturated rings. The number of hydrazine groups is 1. The third kappa shape index (κ3) is 17.6. The van der Waals surface area contributed by atoms with Gasteiger partial charge < -0.3 is 52.5 Å². The van der Waals surface area contributed by atoms with Crippen molar-refractivity contribution < 1.29 is 83.2 Å². The largest absolute Gasteiger partial charge is 0.502 e. The number of phenols is 1. The number of nitrogens with one attached hydrogen (secondary N) is 4. The molecule has 2 unspecified atom stereocenters. The molecular formula is C43H57N9O18. The van der Waals surface area contributed by atoms with Gasteiger partial charge in [0.05, 0.1) is 17.4 Å². The normalized spacial score (nSPS) is 13.9. The molecule has 8 amide bonds. The number of carbonyl (C=O) groups is 11. The van der Waals surface area contributed by atoms with Crippen LogP contribution in [0.5, 0.6) is 5.75 Å². The SMILES string of the molecule is CCCC[C@H](NC(=O)[C@H](CCC(=O)O)NC(=O)c1ccccc1)C(=O)N[C@@H](CCC(=O)O)C(=O)N[C@@H](Cc1ccc(O)c([N+](=O)[O-])c1)C(=O)N(N)[C@@H](CC(=O)O)C(=O)N(C(=O)C(C)O)C(=O)C(N)CC. The number of aromatic hydroxyl groups is 1. The van der Waals surface area contributed by atoms with E-state index in [1.807, 2.05) is 0 Å². The van der Waals surface area contributed by atoms with Crippen LogP contribution >= 0.6 is 0 Å². The number of aliphatic hydroxyl groups is 1. The third-order valence-corrected chi connectivity index (χ3v) is 10.4. The van der Waals surface area contributed by atoms with Crippen LogP contribution in [0.15, 0.2) is 48.5 Å². The van der Waals surface area contributed by atoms with Crippen LogP contribution in [0.2, 0.25) is 0 Å². The fourth-order valence-electron chi connectivity index (χ4n) is 6.48. The molecule has 0 saturated carbocycles. The number of carbonyl (C=O) groups excluding carboxylic acids is 8. The van der Waals surface area contributed by atoms with Crippen LogP contribution in [0.4, 0.5) is 5.69 Å². The van der Waals surface area contributed by atoms with Crippen molar-refractivity contribution in [3.8, 4) is 5.75 Å². The number of nitro groups is 1. The van der Waals surface area contributed by atoms with Gasteiger partial charge in [-0.1, -0.05) is 51.0 Å². The van der Waals surface area contributed by atoms with E-state index in [2.05, 4.69) is 21.3 Å². The number of phenolic OH excluding ortho intramolecular Hbond substituents is 1. The first-order valence-corrected chi connectivity index (χ1v) is 21.7. The van der Waals surface area contributed by atoms with E-state index in [-0.39, 0.29) is 40.3 Å². The van der Waals surface area contributed by atoms with Crippen molar-refractivity contribution in [3.63, 3.8) is 0 Å². The number of imide groups is 3. The minimum absolute atomic E-state index is 0.0677. The Hall–Kier alpha value is -7.91. The lowest BCUT2D eigenvalue weighted by Gasteiger charge is -2.33. The van der Waals surface area contributed by atoms with Crippen LogP contribution < -0.4 is 32.8 Å². The molecular weight excluding hydrogens is 931 g/mol. The van der Waals surface area contributed by atoms with Crippen molar-refractivity contribution in [2.24, 2.45) is 11.6 Å². The summed E-state index contributed by atoms with van der Waals surface area (Å²) in [5.41, 5.74) is 4.79. The number of rotatable bonds is 28. The summed E-state index contributed by atoms with van der Waals surface area (Å²) in [6.45, 7) is 3.97. The fraction of sp³-hybridized carbons (Fsp3) is 0.465. The first-order valence-electron chi connectivity index (χ1n) is 21.7. The molecule has 0 bridgehead atoms. The van der Waals surface area contributed by atoms with Crippen molar-refractivity contribution in [2.45, 2.75) is 127 Å². The van der Waals surface area contributed by atoms with Crippen molar-refractivity contribution in [1.29, 1.82) is 0 Å². The maximum atomic E-state index is 14.4. The number of nitrogens with two attached hydrogens (primary N) is 2. The van der Waals surface area contributed by atoms with Crippen LogP contribution in [0.1, 0.15) is 94.5 Å². The summed E-state index contributed by atoms with van der Waals surface area (Å²) in [4.78, 5) is 155. The molecule has 13 N–H and O–H groups in total. The first kappa shape index (κ1) is 58.2. The molecule has 27 heteroatoms. The standard InChI is InChI=1S/C43H57N9O18/c1-4-6-12-26(47-38(63)27(14-17-33(55)56)46-36(61)24-10-8-7-9-11-24)37(62)48-28(15-18-34(57)58)39(64)49-29(19-23-13-16-32(54)30(20-23)52(69)70)42(67)51(45)31(21-35(59)60)43(68)50(40(65)22(3)53)41(66)25(44)5-2/h7-11,13,16,20,22,25-29,31,53-54H,4-6,12,14-15,17-19,21,44-45H2,1-3H3,(H,46,61)(H,47,63)(H,48,62)(H,49,64)(H,55,56)(H,57,58)(H,59,60)/t22?,25?,26-,27-,28-,29-,31-/m0/s1. The average molecular weight is 988 g/mol. The Bertz CT molecular complexity index is 2280. The Morgan fingerprint density at radius 1 is 0.700 bits per heavy atom. The van der Waals surface area contributed by atoms with Gasteiger partial charge in [-0.25, -0.2) is 10.7 Å². The van der Waals surface area contributed by atoms with Gasteiger partial charge in [-0.05, 0) is 56.4 Å². The number of hydrogen-bond donors (Lipinski definition) is 11. The van der Waals surface area contributed by atoms with Crippen molar-refractivity contribution in [3.05, 3.63) is 69.8 Å². The van der Waals surface area contributed by atoms with E-state index in [1.165, 1.54) is 31.2 Å². The number of aliphatic hydroxyl groups excluding tert-OH is 1. The number of carboxylic acids is 3. The van der Waals surface area contributed by atoms with Crippen LogP contribution in [0, 0.1) is 10.1 Å². The molecule has 0 aliphatic carbocycles. The molecule has 0 saturated heterocycles. The first-order chi connectivity index (χ1) is 32.8. The molecule has 382 valence electrons. The van der Waals surface area contributed by atoms with Crippen molar-refractivity contribution in [2.75, 3.05) is 0 Å². The quantitative estimate of drug-likeness (QED) is 0.0201. The number of nitro benzene ring substituents is 1. The van der Waals surface area contributed by atoms with Crippen LogP contribution in [-0.2, 0) is 54.4 Å². The lowest BCUT2D eigenvalue weighted by Crippen LogP contribution is -2.64. The highest BCUT2D eigenvalue weighted by molar-refractivity contribution is 6.15. The second-order valence-electron chi connectivity index (χ2n) is 15.8. The van der Waals surface area contributed by atoms with E-state index >= 15 is 0 Å². The Morgan fingerprint density at radius 3 is 1.69 bits per heavy atom. The van der Waals surface area contributed by atoms with Crippen LogP contribution in [0.25, 0.3) is 0 Å². The molecule has 70 heavy (non-hydrogen) atoms. The second-order valence-corrected chi connectivity index (χ2v) is 15.8. The molecule has 2 aromatic carbocycles. The third-order valence-electron chi connectivity index (χ3n) is 10.4. The number of benzene rings is 2. The van der Waals surface area contributed by atoms with E-state index in [0.29, 0.717) is 6.42 Å². The smallest absolute Gasteiger partial charge is 0.310 e. The summed E-state index contributed by atoms with van der Waals surface area (Å²) in [5, 5.41) is 69.8. The maximum Gasteiger partial charge on any atom is 0.310 e. The van der Waals surface area contributed by atoms with Gasteiger partial charge in [0, 0.05) is 30.9 Å². The van der Waals surface area contributed by atoms with Crippen molar-refractivity contribution in [1.82, 2.24) is 31.2 Å². The van der Waals surface area contributed by atoms with Crippen LogP contribution in [-0.4, -0.2) is 148 Å². The molecule has 7 atom stereocenters. The molecule has 0 aliphatic heterocycles. The number of hydrogen-bond acceptors (Lipinski definition) is 17. The summed E-state index contributed by atoms with van der Waals surface area (Å²) in [6, 6.07) is -0.908. The van der Waals surface area contributed by atoms with Gasteiger partial charge in [-0.15, -0.1) is 0 Å². The zero-order valence-electron chi connectivity index (χ0n) is 38.3. The highest BCUT2D eigenvalue weighted by Gasteiger charge is 2.43. The number of aliphatic carboxylic acids is 3. The zero-order valence-corrected chi connectivity index (χ0v) is 38.3. The lowest BCUT2D eigenvalue weighted by atomic mass is 10.0. The Morgan fingerprint density at radius 2 is 1.21 bits per heavy atom. The van der Waals surface area contributed by atoms with E-state index < -0.39 is 162 Å². The van der Waals surface area contributed by atoms with Gasteiger partial charge in [-0.3, -0.25) is 67.9 Å². The fourth-order valence-corrected chi connectivity index (χ4v) is 6.48. The highest BCUT2D eigenvalue weighted by atomic mass is 16.6. The lowest BCUT2D eigenvalue weighted by molar-refractivity contribution is -0.385. The van der Waals surface area contributed by atoms with Gasteiger partial charge in [0.25, 0.3) is 29.5 Å². The average Bonchev–Trinajstić information content (AvgIpc) is 3.31. The number of amides is 8. The van der Waals surface area contributed by atoms with Gasteiger partial charge in [0.15, 0.2) is 5.75 Å². The molecule has 0 spiro atoms. The molecule has 2 rings (SSSR count). The number of nitrogens with zero attached hydrogens (tertiary/aromatic N) is 3. The maximum absolute atomic E-state index is 14.4. The number of carboxylic acid groups (broad SMARTS) is 3. The Balaban J connectivity index is 2.67. The monoisotopic (exact) mass is 987 g/mol. The molecule has 27 nitrogen and oxygen atoms in total. The summed E-state index contributed by atoms with van der Waals surface area (Å²) < 4.78 is 0. The highest BCUT2D eigenvalue weighted by Crippen LogP contribution is 2.27. The minimum Gasteiger partial charge on any atom is -0.502 e. The predicted octanol–water partition coefficient (Wildman–Crippen LogP) is -1.44. The topological polar surface area (TPSA) is 439 Å². The Labute approximate surface area is 399 Å². The molecule has 0 aliphatic rings. The second kappa shape index (κ2) is 27.8. The van der Waals surface area contributed by atoms with E-state index in [9.17, 15) is 88.4 Å². The summed E-state index contributed by atoms with van der Waals surface area (Å²) in [6.07, 6.45) is -6.47. The molecule has 0 aromatic heterocycles. The van der Waals surface area contributed by atoms with Crippen LogP contribution in [0.3, 0.4) is 0 Å². The summed E-state index contributed by atoms with van der Waals surface area (Å²) in [7, 11) is 0. The van der Waals surface area contributed by atoms with Gasteiger partial charge in [0.1, 0.15) is 36.3 Å². The Kier molecular flexibility index (Phi) is 23.1. The molecule has 0 radical (unpaired) electrons. The predicted molar refractivity (Wildman–Crippen MR) is 239 cm³/mol. The number of unbranched alkanes of at least 4 members (excludes halogenated alkanes) is 1. The molecule has 2 aromatic rings. The van der Waals surface area contributed by atoms with E-state index in [4.69, 9.17) is 11.6 Å². The summed E-state index contributed by atoms with van der Waals surface area (Å²) in [5.74, 6) is -9.98. The minimum atomic E-state index is -2.48. The summed E-state index contributed by atoms with van der Waals surface area (Å²) >= 11 is 0.